The van der Waals surface area contributed by atoms with Crippen molar-refractivity contribution in [2.45, 2.75) is 25.6 Å². The van der Waals surface area contributed by atoms with E-state index in [1.807, 2.05) is 11.0 Å². The van der Waals surface area contributed by atoms with E-state index in [1.165, 1.54) is 6.07 Å². The highest BCUT2D eigenvalue weighted by Crippen LogP contribution is 2.39. The SMILES string of the molecule is FC(F)(F)c1cccc(CN2CCCC2)c1N1CCNCC1. The van der Waals surface area contributed by atoms with Crippen molar-refractivity contribution in [1.82, 2.24) is 10.2 Å². The molecule has 2 aliphatic heterocycles. The van der Waals surface area contributed by atoms with Gasteiger partial charge in [-0.3, -0.25) is 4.90 Å². The molecule has 3 nitrogen and oxygen atoms in total. The number of rotatable bonds is 3. The molecule has 0 aliphatic carbocycles. The normalized spacial score (nSPS) is 20.6. The second-order valence-corrected chi connectivity index (χ2v) is 6.03. The molecule has 6 heteroatoms. The molecule has 2 fully saturated rings. The predicted octanol–water partition coefficient (Wildman–Crippen LogP) is 2.71. The van der Waals surface area contributed by atoms with Gasteiger partial charge in [-0.2, -0.15) is 13.2 Å². The molecule has 2 aliphatic rings. The second-order valence-electron chi connectivity index (χ2n) is 6.03. The minimum atomic E-state index is -4.30. The lowest BCUT2D eigenvalue weighted by atomic mass is 10.0. The number of alkyl halides is 3. The van der Waals surface area contributed by atoms with E-state index >= 15 is 0 Å². The van der Waals surface area contributed by atoms with Gasteiger partial charge in [0, 0.05) is 32.7 Å². The molecule has 1 aromatic rings. The van der Waals surface area contributed by atoms with Gasteiger partial charge >= 0.3 is 6.18 Å². The first-order valence-electron chi connectivity index (χ1n) is 7.93. The molecule has 122 valence electrons. The van der Waals surface area contributed by atoms with Crippen LogP contribution in [0.4, 0.5) is 18.9 Å². The average Bonchev–Trinajstić information content (AvgIpc) is 3.00. The first kappa shape index (κ1) is 15.6. The van der Waals surface area contributed by atoms with E-state index in [2.05, 4.69) is 10.2 Å². The highest BCUT2D eigenvalue weighted by molar-refractivity contribution is 5.61. The van der Waals surface area contributed by atoms with Gasteiger partial charge in [-0.05, 0) is 37.6 Å². The van der Waals surface area contributed by atoms with Gasteiger partial charge in [0.1, 0.15) is 0 Å². The molecule has 22 heavy (non-hydrogen) atoms. The molecule has 1 N–H and O–H groups in total. The molecule has 0 saturated carbocycles. The van der Waals surface area contributed by atoms with E-state index in [4.69, 9.17) is 0 Å². The summed E-state index contributed by atoms with van der Waals surface area (Å²) in [6.07, 6.45) is -2.02. The fraction of sp³-hybridized carbons (Fsp3) is 0.625. The Balaban J connectivity index is 1.96. The maximum atomic E-state index is 13.4. The predicted molar refractivity (Wildman–Crippen MR) is 81.0 cm³/mol. The molecule has 0 spiro atoms. The Labute approximate surface area is 129 Å². The number of nitrogens with zero attached hydrogens (tertiary/aromatic N) is 2. The fourth-order valence-electron chi connectivity index (χ4n) is 3.39. The highest BCUT2D eigenvalue weighted by atomic mass is 19.4. The molecule has 0 radical (unpaired) electrons. The zero-order valence-corrected chi connectivity index (χ0v) is 12.6. The van der Waals surface area contributed by atoms with Crippen LogP contribution in [0.5, 0.6) is 0 Å². The van der Waals surface area contributed by atoms with Crippen molar-refractivity contribution in [2.75, 3.05) is 44.2 Å². The highest BCUT2D eigenvalue weighted by Gasteiger charge is 2.36. The summed E-state index contributed by atoms with van der Waals surface area (Å²) in [5, 5.41) is 3.20. The number of nitrogens with one attached hydrogen (secondary N) is 1. The van der Waals surface area contributed by atoms with E-state index in [-0.39, 0.29) is 0 Å². The van der Waals surface area contributed by atoms with Gasteiger partial charge in [-0.25, -0.2) is 0 Å². The number of benzene rings is 1. The maximum absolute atomic E-state index is 13.4. The molecule has 2 heterocycles. The van der Waals surface area contributed by atoms with Gasteiger partial charge in [0.15, 0.2) is 0 Å². The van der Waals surface area contributed by atoms with Crippen LogP contribution in [0.15, 0.2) is 18.2 Å². The zero-order valence-electron chi connectivity index (χ0n) is 12.6. The number of likely N-dealkylation sites (tertiary alicyclic amines) is 1. The molecule has 0 bridgehead atoms. The number of anilines is 1. The molecule has 0 aromatic heterocycles. The summed E-state index contributed by atoms with van der Waals surface area (Å²) in [4.78, 5) is 4.14. The molecule has 1 aromatic carbocycles. The van der Waals surface area contributed by atoms with Crippen molar-refractivity contribution in [3.05, 3.63) is 29.3 Å². The van der Waals surface area contributed by atoms with Crippen molar-refractivity contribution in [3.8, 4) is 0 Å². The first-order chi connectivity index (χ1) is 10.6. The summed E-state index contributed by atoms with van der Waals surface area (Å²) < 4.78 is 40.3. The summed E-state index contributed by atoms with van der Waals surface area (Å²) in [6.45, 7) is 5.29. The van der Waals surface area contributed by atoms with Crippen molar-refractivity contribution in [1.29, 1.82) is 0 Å². The molecular weight excluding hydrogens is 291 g/mol. The van der Waals surface area contributed by atoms with Gasteiger partial charge < -0.3 is 10.2 Å². The van der Waals surface area contributed by atoms with Gasteiger partial charge in [0.05, 0.1) is 11.3 Å². The molecular formula is C16H22F3N3. The Hall–Kier alpha value is -1.27. The minimum Gasteiger partial charge on any atom is -0.368 e. The molecule has 0 amide bonds. The summed E-state index contributed by atoms with van der Waals surface area (Å²) in [6, 6.07) is 4.61. The number of para-hydroxylation sites is 1. The van der Waals surface area contributed by atoms with E-state index in [0.717, 1.165) is 44.6 Å². The maximum Gasteiger partial charge on any atom is 0.418 e. The number of piperazine rings is 1. The Morgan fingerprint density at radius 1 is 1.00 bits per heavy atom. The number of hydrogen-bond acceptors (Lipinski definition) is 3. The summed E-state index contributed by atoms with van der Waals surface area (Å²) in [5.74, 6) is 0. The van der Waals surface area contributed by atoms with Crippen LogP contribution in [-0.2, 0) is 12.7 Å². The third-order valence-corrected chi connectivity index (χ3v) is 4.45. The smallest absolute Gasteiger partial charge is 0.368 e. The van der Waals surface area contributed by atoms with Crippen molar-refractivity contribution < 1.29 is 13.2 Å². The molecule has 0 unspecified atom stereocenters. The van der Waals surface area contributed by atoms with Crippen LogP contribution in [-0.4, -0.2) is 44.2 Å². The molecule has 2 saturated heterocycles. The lowest BCUT2D eigenvalue weighted by Crippen LogP contribution is -2.44. The first-order valence-corrected chi connectivity index (χ1v) is 7.93. The van der Waals surface area contributed by atoms with E-state index in [9.17, 15) is 13.2 Å². The third kappa shape index (κ3) is 3.38. The zero-order chi connectivity index (χ0) is 15.6. The van der Waals surface area contributed by atoms with Crippen LogP contribution in [0.1, 0.15) is 24.0 Å². The molecule has 0 atom stereocenters. The Morgan fingerprint density at radius 3 is 2.32 bits per heavy atom. The van der Waals surface area contributed by atoms with Gasteiger partial charge in [0.25, 0.3) is 0 Å². The van der Waals surface area contributed by atoms with Crippen molar-refractivity contribution in [2.24, 2.45) is 0 Å². The third-order valence-electron chi connectivity index (χ3n) is 4.45. The van der Waals surface area contributed by atoms with E-state index in [0.29, 0.717) is 25.3 Å². The van der Waals surface area contributed by atoms with Crippen molar-refractivity contribution >= 4 is 5.69 Å². The second kappa shape index (κ2) is 6.46. The number of hydrogen-bond donors (Lipinski definition) is 1. The lowest BCUT2D eigenvalue weighted by molar-refractivity contribution is -0.137. The Bertz CT molecular complexity index is 504. The summed E-state index contributed by atoms with van der Waals surface area (Å²) >= 11 is 0. The Kier molecular flexibility index (Phi) is 4.59. The van der Waals surface area contributed by atoms with E-state index < -0.39 is 11.7 Å². The monoisotopic (exact) mass is 313 g/mol. The van der Waals surface area contributed by atoms with E-state index in [1.54, 1.807) is 6.07 Å². The van der Waals surface area contributed by atoms with Crippen LogP contribution in [0.25, 0.3) is 0 Å². The van der Waals surface area contributed by atoms with Gasteiger partial charge in [-0.1, -0.05) is 12.1 Å². The van der Waals surface area contributed by atoms with Gasteiger partial charge in [-0.15, -0.1) is 0 Å². The Morgan fingerprint density at radius 2 is 1.68 bits per heavy atom. The standard InChI is InChI=1S/C16H22F3N3/c17-16(18,19)14-5-3-4-13(12-21-8-1-2-9-21)15(14)22-10-6-20-7-11-22/h3-5,20H,1-2,6-12H2. The topological polar surface area (TPSA) is 18.5 Å². The summed E-state index contributed by atoms with van der Waals surface area (Å²) in [7, 11) is 0. The fourth-order valence-corrected chi connectivity index (χ4v) is 3.39. The van der Waals surface area contributed by atoms with Crippen LogP contribution in [0.2, 0.25) is 0 Å². The largest absolute Gasteiger partial charge is 0.418 e. The van der Waals surface area contributed by atoms with Crippen LogP contribution in [0, 0.1) is 0 Å². The number of halogens is 3. The van der Waals surface area contributed by atoms with Crippen LogP contribution >= 0.6 is 0 Å². The van der Waals surface area contributed by atoms with Crippen LogP contribution < -0.4 is 10.2 Å². The van der Waals surface area contributed by atoms with Crippen LogP contribution in [0.3, 0.4) is 0 Å². The lowest BCUT2D eigenvalue weighted by Gasteiger charge is -2.34. The summed E-state index contributed by atoms with van der Waals surface area (Å²) in [5.41, 5.74) is 0.702. The van der Waals surface area contributed by atoms with Crippen molar-refractivity contribution in [3.63, 3.8) is 0 Å². The molecule has 3 rings (SSSR count). The average molecular weight is 313 g/mol. The minimum absolute atomic E-state index is 0.392. The quantitative estimate of drug-likeness (QED) is 0.926. The van der Waals surface area contributed by atoms with Gasteiger partial charge in [0.2, 0.25) is 0 Å².